The number of piperidine rings is 1. The van der Waals surface area contributed by atoms with E-state index in [0.29, 0.717) is 6.61 Å². The molecule has 2 aliphatic rings. The summed E-state index contributed by atoms with van der Waals surface area (Å²) in [7, 11) is 0. The Morgan fingerprint density at radius 2 is 2.29 bits per heavy atom. The van der Waals surface area contributed by atoms with Crippen molar-refractivity contribution in [2.75, 3.05) is 19.7 Å². The predicted molar refractivity (Wildman–Crippen MR) is 51.9 cm³/mol. The zero-order valence-electron chi connectivity index (χ0n) is 8.91. The van der Waals surface area contributed by atoms with Crippen molar-refractivity contribution < 1.29 is 14.2 Å². The summed E-state index contributed by atoms with van der Waals surface area (Å²) >= 11 is 0. The quantitative estimate of drug-likeness (QED) is 0.719. The van der Waals surface area contributed by atoms with Gasteiger partial charge < -0.3 is 19.5 Å². The monoisotopic (exact) mass is 201 g/mol. The highest BCUT2D eigenvalue weighted by Crippen LogP contribution is 2.24. The first-order valence-electron chi connectivity index (χ1n) is 5.34. The Hall–Kier alpha value is -0.160. The maximum Gasteiger partial charge on any atom is 0.184 e. The first-order valence-corrected chi connectivity index (χ1v) is 5.34. The molecule has 0 aliphatic carbocycles. The van der Waals surface area contributed by atoms with Gasteiger partial charge in [0.15, 0.2) is 12.1 Å². The Morgan fingerprint density at radius 3 is 2.86 bits per heavy atom. The second-order valence-corrected chi connectivity index (χ2v) is 4.36. The van der Waals surface area contributed by atoms with Gasteiger partial charge in [0, 0.05) is 6.54 Å². The van der Waals surface area contributed by atoms with Crippen molar-refractivity contribution in [2.24, 2.45) is 0 Å². The van der Waals surface area contributed by atoms with E-state index in [2.05, 4.69) is 5.32 Å². The molecular formula is C10H19NO3. The van der Waals surface area contributed by atoms with Crippen LogP contribution in [0.3, 0.4) is 0 Å². The number of ether oxygens (including phenoxy) is 3. The summed E-state index contributed by atoms with van der Waals surface area (Å²) in [5.74, 6) is -0.479. The predicted octanol–water partition coefficient (Wildman–Crippen LogP) is 0.864. The lowest BCUT2D eigenvalue weighted by Gasteiger charge is -2.26. The SMILES string of the molecule is CC1(C)OCC(OC2CCCNC2)O1. The fourth-order valence-electron chi connectivity index (χ4n) is 1.87. The maximum absolute atomic E-state index is 5.78. The third-order valence-electron chi connectivity index (χ3n) is 2.58. The van der Waals surface area contributed by atoms with Gasteiger partial charge in [-0.1, -0.05) is 0 Å². The molecule has 0 amide bonds. The molecule has 2 atom stereocenters. The van der Waals surface area contributed by atoms with Gasteiger partial charge in [0.2, 0.25) is 0 Å². The highest BCUT2D eigenvalue weighted by molar-refractivity contribution is 4.71. The second-order valence-electron chi connectivity index (χ2n) is 4.36. The van der Waals surface area contributed by atoms with Crippen LogP contribution >= 0.6 is 0 Å². The van der Waals surface area contributed by atoms with Crippen LogP contribution in [-0.4, -0.2) is 37.9 Å². The number of nitrogens with one attached hydrogen (secondary N) is 1. The van der Waals surface area contributed by atoms with E-state index < -0.39 is 5.79 Å². The first-order chi connectivity index (χ1) is 6.66. The Kier molecular flexibility index (Phi) is 3.07. The fraction of sp³-hybridized carbons (Fsp3) is 1.00. The molecule has 2 heterocycles. The van der Waals surface area contributed by atoms with Gasteiger partial charge in [0.25, 0.3) is 0 Å². The van der Waals surface area contributed by atoms with Gasteiger partial charge in [-0.3, -0.25) is 0 Å². The van der Waals surface area contributed by atoms with Gasteiger partial charge in [0.1, 0.15) is 6.61 Å². The Morgan fingerprint density at radius 1 is 1.43 bits per heavy atom. The molecule has 2 saturated heterocycles. The maximum atomic E-state index is 5.78. The minimum atomic E-state index is -0.479. The van der Waals surface area contributed by atoms with Gasteiger partial charge in [-0.15, -0.1) is 0 Å². The summed E-state index contributed by atoms with van der Waals surface area (Å²) in [6.45, 7) is 6.40. The topological polar surface area (TPSA) is 39.7 Å². The van der Waals surface area contributed by atoms with E-state index in [-0.39, 0.29) is 12.4 Å². The van der Waals surface area contributed by atoms with Gasteiger partial charge in [-0.2, -0.15) is 0 Å². The molecule has 0 spiro atoms. The molecule has 0 aromatic rings. The average molecular weight is 201 g/mol. The first kappa shape index (κ1) is 10.4. The van der Waals surface area contributed by atoms with Crippen molar-refractivity contribution in [3.8, 4) is 0 Å². The van der Waals surface area contributed by atoms with Crippen LogP contribution < -0.4 is 5.32 Å². The van der Waals surface area contributed by atoms with Gasteiger partial charge >= 0.3 is 0 Å². The highest BCUT2D eigenvalue weighted by Gasteiger charge is 2.34. The van der Waals surface area contributed by atoms with E-state index in [1.807, 2.05) is 13.8 Å². The lowest BCUT2D eigenvalue weighted by molar-refractivity contribution is -0.205. The molecule has 0 bridgehead atoms. The Labute approximate surface area is 84.9 Å². The zero-order valence-corrected chi connectivity index (χ0v) is 8.91. The molecule has 0 radical (unpaired) electrons. The summed E-state index contributed by atoms with van der Waals surface area (Å²) in [6.07, 6.45) is 2.40. The van der Waals surface area contributed by atoms with Crippen molar-refractivity contribution >= 4 is 0 Å². The largest absolute Gasteiger partial charge is 0.346 e. The fourth-order valence-corrected chi connectivity index (χ4v) is 1.87. The van der Waals surface area contributed by atoms with Gasteiger partial charge in [0.05, 0.1) is 6.10 Å². The van der Waals surface area contributed by atoms with Crippen molar-refractivity contribution in [2.45, 2.75) is 44.9 Å². The lowest BCUT2D eigenvalue weighted by Crippen LogP contribution is -2.38. The van der Waals surface area contributed by atoms with Crippen LogP contribution in [0.2, 0.25) is 0 Å². The zero-order chi connectivity index (χ0) is 10.0. The lowest BCUT2D eigenvalue weighted by atomic mass is 10.1. The summed E-state index contributed by atoms with van der Waals surface area (Å²) in [5, 5.41) is 3.31. The van der Waals surface area contributed by atoms with Crippen molar-refractivity contribution in [1.82, 2.24) is 5.32 Å². The van der Waals surface area contributed by atoms with E-state index in [1.54, 1.807) is 0 Å². The van der Waals surface area contributed by atoms with E-state index in [9.17, 15) is 0 Å². The van der Waals surface area contributed by atoms with E-state index in [1.165, 1.54) is 6.42 Å². The van der Waals surface area contributed by atoms with E-state index in [4.69, 9.17) is 14.2 Å². The van der Waals surface area contributed by atoms with Gasteiger partial charge in [-0.25, -0.2) is 0 Å². The van der Waals surface area contributed by atoms with Crippen LogP contribution in [0.4, 0.5) is 0 Å². The Balaban J connectivity index is 1.75. The number of rotatable bonds is 2. The molecule has 4 nitrogen and oxygen atoms in total. The molecule has 2 unspecified atom stereocenters. The van der Waals surface area contributed by atoms with Crippen LogP contribution in [0.5, 0.6) is 0 Å². The number of hydrogen-bond acceptors (Lipinski definition) is 4. The third-order valence-corrected chi connectivity index (χ3v) is 2.58. The van der Waals surface area contributed by atoms with Gasteiger partial charge in [-0.05, 0) is 33.2 Å². The molecule has 0 saturated carbocycles. The standard InChI is InChI=1S/C10H19NO3/c1-10(2)12-7-9(14-10)13-8-4-3-5-11-6-8/h8-9,11H,3-7H2,1-2H3. The summed E-state index contributed by atoms with van der Waals surface area (Å²) in [5.41, 5.74) is 0. The minimum Gasteiger partial charge on any atom is -0.346 e. The second kappa shape index (κ2) is 4.14. The van der Waals surface area contributed by atoms with Crippen molar-refractivity contribution in [3.63, 3.8) is 0 Å². The summed E-state index contributed by atoms with van der Waals surface area (Å²) in [4.78, 5) is 0. The van der Waals surface area contributed by atoms with E-state index in [0.717, 1.165) is 19.5 Å². The van der Waals surface area contributed by atoms with Crippen LogP contribution in [0.25, 0.3) is 0 Å². The van der Waals surface area contributed by atoms with Crippen LogP contribution in [0.1, 0.15) is 26.7 Å². The van der Waals surface area contributed by atoms with Crippen molar-refractivity contribution in [1.29, 1.82) is 0 Å². The molecule has 1 N–H and O–H groups in total. The minimum absolute atomic E-state index is 0.185. The molecule has 2 aliphatic heterocycles. The average Bonchev–Trinajstić information content (AvgIpc) is 2.47. The molecule has 14 heavy (non-hydrogen) atoms. The number of hydrogen-bond donors (Lipinski definition) is 1. The molecule has 0 aromatic heterocycles. The molecule has 82 valence electrons. The van der Waals surface area contributed by atoms with Crippen LogP contribution in [0, 0.1) is 0 Å². The molecule has 4 heteroatoms. The summed E-state index contributed by atoms with van der Waals surface area (Å²) in [6, 6.07) is 0. The molecule has 0 aromatic carbocycles. The smallest absolute Gasteiger partial charge is 0.184 e. The third kappa shape index (κ3) is 2.67. The van der Waals surface area contributed by atoms with Crippen molar-refractivity contribution in [3.05, 3.63) is 0 Å². The normalized spacial score (nSPS) is 37.3. The molecule has 2 rings (SSSR count). The highest BCUT2D eigenvalue weighted by atomic mass is 16.8. The van der Waals surface area contributed by atoms with Crippen LogP contribution in [0.15, 0.2) is 0 Å². The van der Waals surface area contributed by atoms with E-state index >= 15 is 0 Å². The summed E-state index contributed by atoms with van der Waals surface area (Å²) < 4.78 is 16.8. The molecule has 2 fully saturated rings. The Bertz CT molecular complexity index is 190. The van der Waals surface area contributed by atoms with Crippen LogP contribution in [-0.2, 0) is 14.2 Å². The molecular weight excluding hydrogens is 182 g/mol.